The van der Waals surface area contributed by atoms with Crippen LogP contribution in [0.5, 0.6) is 0 Å². The van der Waals surface area contributed by atoms with E-state index >= 15 is 0 Å². The Morgan fingerprint density at radius 2 is 2.25 bits per heavy atom. The molecular formula is C14H20BrN3O2. The predicted molar refractivity (Wildman–Crippen MR) is 82.5 cm³/mol. The van der Waals surface area contributed by atoms with Crippen LogP contribution in [0.15, 0.2) is 33.9 Å². The van der Waals surface area contributed by atoms with Gasteiger partial charge in [0.25, 0.3) is 0 Å². The number of halogens is 1. The Morgan fingerprint density at radius 1 is 1.55 bits per heavy atom. The fourth-order valence-corrected chi connectivity index (χ4v) is 2.36. The second-order valence-electron chi connectivity index (χ2n) is 4.65. The Bertz CT molecular complexity index is 491. The standard InChI is InChI=1S/C14H20BrN3O2/c1-3-5-12(13(16)18-20)14(19)17-9(2)10-6-4-7-11(15)8-10/h4,6-9,12,20H,3,5H2,1-2H3,(H2,16,18)(H,17,19). The van der Waals surface area contributed by atoms with E-state index in [-0.39, 0.29) is 17.8 Å². The van der Waals surface area contributed by atoms with Gasteiger partial charge in [0.1, 0.15) is 0 Å². The third-order valence-corrected chi connectivity index (χ3v) is 3.57. The molecule has 4 N–H and O–H groups in total. The summed E-state index contributed by atoms with van der Waals surface area (Å²) in [5.41, 5.74) is 6.56. The van der Waals surface area contributed by atoms with Crippen LogP contribution in [0, 0.1) is 5.92 Å². The van der Waals surface area contributed by atoms with Crippen LogP contribution in [0.3, 0.4) is 0 Å². The molecule has 6 heteroatoms. The van der Waals surface area contributed by atoms with Crippen molar-refractivity contribution in [3.8, 4) is 0 Å². The molecule has 1 amide bonds. The molecule has 0 spiro atoms. The molecule has 0 fully saturated rings. The zero-order valence-corrected chi connectivity index (χ0v) is 13.2. The summed E-state index contributed by atoms with van der Waals surface area (Å²) in [6, 6.07) is 7.58. The number of hydrogen-bond acceptors (Lipinski definition) is 3. The zero-order chi connectivity index (χ0) is 15.1. The van der Waals surface area contributed by atoms with Crippen molar-refractivity contribution in [1.29, 1.82) is 0 Å². The van der Waals surface area contributed by atoms with Gasteiger partial charge >= 0.3 is 0 Å². The zero-order valence-electron chi connectivity index (χ0n) is 11.6. The molecule has 2 unspecified atom stereocenters. The van der Waals surface area contributed by atoms with E-state index < -0.39 is 5.92 Å². The van der Waals surface area contributed by atoms with Crippen molar-refractivity contribution in [2.45, 2.75) is 32.7 Å². The molecule has 1 aromatic rings. The number of carbonyl (C=O) groups is 1. The number of hydrogen-bond donors (Lipinski definition) is 3. The lowest BCUT2D eigenvalue weighted by Gasteiger charge is -2.19. The van der Waals surface area contributed by atoms with E-state index in [4.69, 9.17) is 10.9 Å². The maximum absolute atomic E-state index is 12.2. The normalized spacial score (nSPS) is 14.7. The lowest BCUT2D eigenvalue weighted by Crippen LogP contribution is -2.40. The topological polar surface area (TPSA) is 87.7 Å². The summed E-state index contributed by atoms with van der Waals surface area (Å²) in [5, 5.41) is 14.6. The molecule has 0 bridgehead atoms. The van der Waals surface area contributed by atoms with E-state index in [0.29, 0.717) is 6.42 Å². The van der Waals surface area contributed by atoms with E-state index in [9.17, 15) is 4.79 Å². The van der Waals surface area contributed by atoms with Crippen LogP contribution in [0.2, 0.25) is 0 Å². The van der Waals surface area contributed by atoms with Gasteiger partial charge in [-0.3, -0.25) is 4.79 Å². The van der Waals surface area contributed by atoms with Crippen LogP contribution >= 0.6 is 15.9 Å². The van der Waals surface area contributed by atoms with Crippen LogP contribution in [0.1, 0.15) is 38.3 Å². The first-order valence-corrected chi connectivity index (χ1v) is 7.32. The summed E-state index contributed by atoms with van der Waals surface area (Å²) < 4.78 is 0.956. The first-order valence-electron chi connectivity index (χ1n) is 6.52. The first kappa shape index (κ1) is 16.5. The van der Waals surface area contributed by atoms with Crippen molar-refractivity contribution in [3.05, 3.63) is 34.3 Å². The number of carbonyl (C=O) groups excluding carboxylic acids is 1. The molecule has 2 atom stereocenters. The van der Waals surface area contributed by atoms with E-state index in [1.807, 2.05) is 38.1 Å². The number of benzene rings is 1. The Hall–Kier alpha value is -1.56. The number of amidine groups is 1. The van der Waals surface area contributed by atoms with Crippen LogP contribution in [-0.4, -0.2) is 17.0 Å². The highest BCUT2D eigenvalue weighted by molar-refractivity contribution is 9.10. The first-order chi connectivity index (χ1) is 9.49. The van der Waals surface area contributed by atoms with Crippen molar-refractivity contribution >= 4 is 27.7 Å². The van der Waals surface area contributed by atoms with Crippen molar-refractivity contribution in [2.75, 3.05) is 0 Å². The summed E-state index contributed by atoms with van der Waals surface area (Å²) >= 11 is 3.40. The number of oxime groups is 1. The van der Waals surface area contributed by atoms with Crippen molar-refractivity contribution < 1.29 is 10.0 Å². The second kappa shape index (κ2) is 7.89. The van der Waals surface area contributed by atoms with Gasteiger partial charge in [-0.1, -0.05) is 46.6 Å². The fourth-order valence-electron chi connectivity index (χ4n) is 1.94. The molecular weight excluding hydrogens is 322 g/mol. The summed E-state index contributed by atoms with van der Waals surface area (Å²) in [6.45, 7) is 3.84. The Kier molecular flexibility index (Phi) is 6.51. The van der Waals surface area contributed by atoms with Gasteiger partial charge in [0.05, 0.1) is 12.0 Å². The molecule has 0 aliphatic heterocycles. The molecule has 0 saturated carbocycles. The number of amides is 1. The minimum atomic E-state index is -0.598. The molecule has 1 aromatic carbocycles. The smallest absolute Gasteiger partial charge is 0.231 e. The van der Waals surface area contributed by atoms with E-state index in [1.165, 1.54) is 0 Å². The quantitative estimate of drug-likeness (QED) is 0.321. The largest absolute Gasteiger partial charge is 0.409 e. The molecule has 0 heterocycles. The Morgan fingerprint density at radius 3 is 2.80 bits per heavy atom. The molecule has 0 saturated heterocycles. The summed E-state index contributed by atoms with van der Waals surface area (Å²) in [7, 11) is 0. The molecule has 0 aliphatic carbocycles. The Balaban J connectivity index is 2.77. The summed E-state index contributed by atoms with van der Waals surface area (Å²) in [6.07, 6.45) is 1.33. The van der Waals surface area contributed by atoms with Crippen LogP contribution in [-0.2, 0) is 4.79 Å². The molecule has 0 aromatic heterocycles. The highest BCUT2D eigenvalue weighted by atomic mass is 79.9. The lowest BCUT2D eigenvalue weighted by molar-refractivity contribution is -0.123. The van der Waals surface area contributed by atoms with Gasteiger partial charge in [-0.2, -0.15) is 0 Å². The monoisotopic (exact) mass is 341 g/mol. The highest BCUT2D eigenvalue weighted by Gasteiger charge is 2.23. The number of rotatable bonds is 6. The maximum atomic E-state index is 12.2. The fraction of sp³-hybridized carbons (Fsp3) is 0.429. The average molecular weight is 342 g/mol. The van der Waals surface area contributed by atoms with Gasteiger partial charge in [-0.15, -0.1) is 0 Å². The van der Waals surface area contributed by atoms with Gasteiger partial charge < -0.3 is 16.3 Å². The maximum Gasteiger partial charge on any atom is 0.231 e. The Labute approximate surface area is 127 Å². The van der Waals surface area contributed by atoms with Crippen molar-refractivity contribution in [2.24, 2.45) is 16.8 Å². The SMILES string of the molecule is CCCC(C(=O)NC(C)c1cccc(Br)c1)C(N)=NO. The van der Waals surface area contributed by atoms with Crippen molar-refractivity contribution in [3.63, 3.8) is 0 Å². The van der Waals surface area contributed by atoms with Gasteiger partial charge in [0.15, 0.2) is 5.84 Å². The van der Waals surface area contributed by atoms with Gasteiger partial charge in [0, 0.05) is 4.47 Å². The van der Waals surface area contributed by atoms with Crippen molar-refractivity contribution in [1.82, 2.24) is 5.32 Å². The number of nitrogens with two attached hydrogens (primary N) is 1. The van der Waals surface area contributed by atoms with E-state index in [1.54, 1.807) is 0 Å². The third-order valence-electron chi connectivity index (χ3n) is 3.07. The lowest BCUT2D eigenvalue weighted by atomic mass is 10.0. The van der Waals surface area contributed by atoms with Crippen LogP contribution in [0.4, 0.5) is 0 Å². The van der Waals surface area contributed by atoms with Gasteiger partial charge in [-0.25, -0.2) is 0 Å². The highest BCUT2D eigenvalue weighted by Crippen LogP contribution is 2.18. The molecule has 0 aliphatic rings. The molecule has 5 nitrogen and oxygen atoms in total. The number of nitrogens with zero attached hydrogens (tertiary/aromatic N) is 1. The van der Waals surface area contributed by atoms with Crippen LogP contribution < -0.4 is 11.1 Å². The molecule has 1 rings (SSSR count). The molecule has 20 heavy (non-hydrogen) atoms. The minimum Gasteiger partial charge on any atom is -0.409 e. The van der Waals surface area contributed by atoms with E-state index in [0.717, 1.165) is 16.5 Å². The minimum absolute atomic E-state index is 0.0502. The van der Waals surface area contributed by atoms with E-state index in [2.05, 4.69) is 26.4 Å². The molecule has 110 valence electrons. The summed E-state index contributed by atoms with van der Waals surface area (Å²) in [5.74, 6) is -0.875. The summed E-state index contributed by atoms with van der Waals surface area (Å²) in [4.78, 5) is 12.2. The predicted octanol–water partition coefficient (Wildman–Crippen LogP) is 2.79. The van der Waals surface area contributed by atoms with Gasteiger partial charge in [0.2, 0.25) is 5.91 Å². The average Bonchev–Trinajstić information content (AvgIpc) is 2.43. The molecule has 0 radical (unpaired) electrons. The van der Waals surface area contributed by atoms with Crippen LogP contribution in [0.25, 0.3) is 0 Å². The van der Waals surface area contributed by atoms with Gasteiger partial charge in [-0.05, 0) is 31.0 Å². The second-order valence-corrected chi connectivity index (χ2v) is 5.57. The third kappa shape index (κ3) is 4.52. The number of nitrogens with one attached hydrogen (secondary N) is 1.